The lowest BCUT2D eigenvalue weighted by molar-refractivity contribution is -0.137. The number of ether oxygens (including phenoxy) is 1. The minimum absolute atomic E-state index is 0.197. The van der Waals surface area contributed by atoms with Gasteiger partial charge in [-0.15, -0.1) is 0 Å². The zero-order valence-corrected chi connectivity index (χ0v) is 8.00. The molecule has 0 fully saturated rings. The lowest BCUT2D eigenvalue weighted by Crippen LogP contribution is -2.02. The zero-order valence-electron chi connectivity index (χ0n) is 8.00. The maximum absolute atomic E-state index is 10.1. The number of carboxylic acid groups (broad SMARTS) is 1. The molecule has 0 aromatic heterocycles. The highest BCUT2D eigenvalue weighted by Gasteiger charge is 1.95. The molecule has 13 heavy (non-hydrogen) atoms. The summed E-state index contributed by atoms with van der Waals surface area (Å²) in [5, 5.41) is 8.32. The normalized spacial score (nSPS) is 10.2. The fourth-order valence-corrected chi connectivity index (χ4v) is 0.953. The van der Waals surface area contributed by atoms with Crippen LogP contribution in [0.1, 0.15) is 32.1 Å². The second kappa shape index (κ2) is 9.48. The van der Waals surface area contributed by atoms with Crippen LogP contribution in [0.4, 0.5) is 0 Å². The average molecular weight is 189 g/mol. The Bertz CT molecular complexity index is 128. The Labute approximate surface area is 79.1 Å². The first-order valence-corrected chi connectivity index (χ1v) is 4.77. The summed E-state index contributed by atoms with van der Waals surface area (Å²) in [7, 11) is 0. The second-order valence-corrected chi connectivity index (χ2v) is 2.96. The van der Waals surface area contributed by atoms with Crippen molar-refractivity contribution in [2.75, 3.05) is 19.8 Å². The van der Waals surface area contributed by atoms with Crippen molar-refractivity contribution in [3.63, 3.8) is 0 Å². The van der Waals surface area contributed by atoms with Gasteiger partial charge in [-0.05, 0) is 32.2 Å². The van der Waals surface area contributed by atoms with Crippen molar-refractivity contribution in [1.82, 2.24) is 0 Å². The summed E-state index contributed by atoms with van der Waals surface area (Å²) in [6.07, 6.45) is 3.95. The Balaban J connectivity index is 2.87. The number of unbranched alkanes of at least 4 members (excludes halogenated alkanes) is 2. The van der Waals surface area contributed by atoms with E-state index >= 15 is 0 Å². The van der Waals surface area contributed by atoms with Crippen molar-refractivity contribution in [1.29, 1.82) is 0 Å². The van der Waals surface area contributed by atoms with E-state index in [0.717, 1.165) is 32.4 Å². The Morgan fingerprint density at radius 3 is 2.46 bits per heavy atom. The number of hydrogen-bond acceptors (Lipinski definition) is 3. The molecule has 0 radical (unpaired) electrons. The Kier molecular flexibility index (Phi) is 9.03. The second-order valence-electron chi connectivity index (χ2n) is 2.96. The third kappa shape index (κ3) is 11.4. The van der Waals surface area contributed by atoms with Gasteiger partial charge in [-0.25, -0.2) is 0 Å². The maximum atomic E-state index is 10.1. The monoisotopic (exact) mass is 189 g/mol. The van der Waals surface area contributed by atoms with Gasteiger partial charge in [0.1, 0.15) is 0 Å². The van der Waals surface area contributed by atoms with Gasteiger partial charge in [-0.1, -0.05) is 0 Å². The highest BCUT2D eigenvalue weighted by molar-refractivity contribution is 5.66. The van der Waals surface area contributed by atoms with Gasteiger partial charge in [0.25, 0.3) is 0 Å². The van der Waals surface area contributed by atoms with Gasteiger partial charge in [0.2, 0.25) is 0 Å². The molecule has 4 nitrogen and oxygen atoms in total. The van der Waals surface area contributed by atoms with Crippen LogP contribution in [0.25, 0.3) is 0 Å². The van der Waals surface area contributed by atoms with Crippen molar-refractivity contribution >= 4 is 5.97 Å². The van der Waals surface area contributed by atoms with E-state index < -0.39 is 5.97 Å². The highest BCUT2D eigenvalue weighted by Crippen LogP contribution is 1.96. The van der Waals surface area contributed by atoms with Gasteiger partial charge >= 0.3 is 5.97 Å². The fraction of sp³-hybridized carbons (Fsp3) is 0.889. The van der Waals surface area contributed by atoms with Crippen LogP contribution in [-0.4, -0.2) is 30.8 Å². The molecule has 0 aliphatic rings. The molecular formula is C9H19NO3. The minimum atomic E-state index is -0.758. The quantitative estimate of drug-likeness (QED) is 0.531. The van der Waals surface area contributed by atoms with E-state index in [0.29, 0.717) is 13.0 Å². The van der Waals surface area contributed by atoms with Crippen molar-refractivity contribution in [2.45, 2.75) is 32.1 Å². The zero-order chi connectivity index (χ0) is 9.94. The predicted octanol–water partition coefficient (Wildman–Crippen LogP) is 0.997. The van der Waals surface area contributed by atoms with Gasteiger partial charge in [0, 0.05) is 19.6 Å². The predicted molar refractivity (Wildman–Crippen MR) is 50.6 cm³/mol. The first-order chi connectivity index (χ1) is 6.27. The van der Waals surface area contributed by atoms with Crippen LogP contribution >= 0.6 is 0 Å². The molecule has 0 rings (SSSR count). The molecule has 0 spiro atoms. The van der Waals surface area contributed by atoms with Gasteiger partial charge in [0.05, 0.1) is 0 Å². The molecule has 0 aromatic carbocycles. The maximum Gasteiger partial charge on any atom is 0.303 e. The van der Waals surface area contributed by atoms with Crippen molar-refractivity contribution in [3.8, 4) is 0 Å². The Morgan fingerprint density at radius 2 is 1.85 bits per heavy atom. The van der Waals surface area contributed by atoms with Crippen LogP contribution in [0.15, 0.2) is 0 Å². The van der Waals surface area contributed by atoms with Crippen LogP contribution in [-0.2, 0) is 9.53 Å². The molecule has 4 heteroatoms. The van der Waals surface area contributed by atoms with E-state index in [9.17, 15) is 4.79 Å². The molecular weight excluding hydrogens is 170 g/mol. The summed E-state index contributed by atoms with van der Waals surface area (Å²) in [5.41, 5.74) is 5.32. The van der Waals surface area contributed by atoms with Crippen LogP contribution in [0, 0.1) is 0 Å². The van der Waals surface area contributed by atoms with Crippen molar-refractivity contribution in [2.24, 2.45) is 5.73 Å². The van der Waals surface area contributed by atoms with Gasteiger partial charge in [-0.2, -0.15) is 0 Å². The molecule has 0 aliphatic carbocycles. The lowest BCUT2D eigenvalue weighted by atomic mass is 10.2. The van der Waals surface area contributed by atoms with E-state index in [2.05, 4.69) is 0 Å². The SMILES string of the molecule is NCCCCCOCCCC(=O)O. The molecule has 0 aromatic rings. The fourth-order valence-electron chi connectivity index (χ4n) is 0.953. The summed E-state index contributed by atoms with van der Waals surface area (Å²) < 4.78 is 5.23. The number of carboxylic acids is 1. The first kappa shape index (κ1) is 12.4. The topological polar surface area (TPSA) is 72.5 Å². The number of carbonyl (C=O) groups is 1. The molecule has 78 valence electrons. The molecule has 0 amide bonds. The standard InChI is InChI=1S/C9H19NO3/c10-6-2-1-3-7-13-8-4-5-9(11)12/h1-8,10H2,(H,11,12). The molecule has 0 unspecified atom stereocenters. The number of aliphatic carboxylic acids is 1. The van der Waals surface area contributed by atoms with Crippen molar-refractivity contribution < 1.29 is 14.6 Å². The highest BCUT2D eigenvalue weighted by atomic mass is 16.5. The largest absolute Gasteiger partial charge is 0.481 e. The molecule has 0 heterocycles. The molecule has 0 saturated carbocycles. The van der Waals surface area contributed by atoms with E-state index in [4.69, 9.17) is 15.6 Å². The van der Waals surface area contributed by atoms with E-state index in [-0.39, 0.29) is 6.42 Å². The van der Waals surface area contributed by atoms with E-state index in [1.54, 1.807) is 0 Å². The smallest absolute Gasteiger partial charge is 0.303 e. The van der Waals surface area contributed by atoms with E-state index in [1.807, 2.05) is 0 Å². The summed E-state index contributed by atoms with van der Waals surface area (Å²) in [4.78, 5) is 10.1. The molecule has 0 atom stereocenters. The van der Waals surface area contributed by atoms with Crippen LogP contribution in [0.2, 0.25) is 0 Å². The number of rotatable bonds is 9. The summed E-state index contributed by atoms with van der Waals surface area (Å²) in [5.74, 6) is -0.758. The van der Waals surface area contributed by atoms with Gasteiger partial charge in [0.15, 0.2) is 0 Å². The van der Waals surface area contributed by atoms with Crippen LogP contribution in [0.3, 0.4) is 0 Å². The summed E-state index contributed by atoms with van der Waals surface area (Å²) in [6, 6.07) is 0. The van der Waals surface area contributed by atoms with Crippen LogP contribution in [0.5, 0.6) is 0 Å². The number of nitrogens with two attached hydrogens (primary N) is 1. The first-order valence-electron chi connectivity index (χ1n) is 4.77. The molecule has 0 bridgehead atoms. The van der Waals surface area contributed by atoms with E-state index in [1.165, 1.54) is 0 Å². The lowest BCUT2D eigenvalue weighted by Gasteiger charge is -2.02. The summed E-state index contributed by atoms with van der Waals surface area (Å²) in [6.45, 7) is 2.01. The third-order valence-corrected chi connectivity index (χ3v) is 1.67. The van der Waals surface area contributed by atoms with Crippen molar-refractivity contribution in [3.05, 3.63) is 0 Å². The van der Waals surface area contributed by atoms with Gasteiger partial charge in [-0.3, -0.25) is 4.79 Å². The molecule has 0 aliphatic heterocycles. The Hall–Kier alpha value is -0.610. The summed E-state index contributed by atoms with van der Waals surface area (Å²) >= 11 is 0. The molecule has 0 saturated heterocycles. The van der Waals surface area contributed by atoms with Gasteiger partial charge < -0.3 is 15.6 Å². The average Bonchev–Trinajstić information content (AvgIpc) is 2.09. The minimum Gasteiger partial charge on any atom is -0.481 e. The Morgan fingerprint density at radius 1 is 1.15 bits per heavy atom. The third-order valence-electron chi connectivity index (χ3n) is 1.67. The molecule has 3 N–H and O–H groups in total. The van der Waals surface area contributed by atoms with Crippen LogP contribution < -0.4 is 5.73 Å². The number of hydrogen-bond donors (Lipinski definition) is 2.